The van der Waals surface area contributed by atoms with Gasteiger partial charge in [0.2, 0.25) is 5.88 Å². The standard InChI is InChI=1S/C32H24ClFN4O5/c33-23-6-4-19(31-22(23)9-11-42-31)17-43-30-3-1-2-25(37-30)20-12-24(34)27(35-15-20)14-29-36-26-7-5-18(32(39)40)13-28(26)38(29)16-21-8-10-41-21/h1-7,9,11-13,15,21H,8,10,14,16-17H2,(H,39,40)/t21-/m0/s1. The average Bonchev–Trinajstić information content (AvgIpc) is 3.61. The summed E-state index contributed by atoms with van der Waals surface area (Å²) in [6, 6.07) is 16.9. The van der Waals surface area contributed by atoms with Crippen LogP contribution in [-0.2, 0) is 24.3 Å². The molecule has 0 spiro atoms. The van der Waals surface area contributed by atoms with Crippen molar-refractivity contribution in [3.8, 4) is 17.1 Å². The van der Waals surface area contributed by atoms with Gasteiger partial charge in [-0.3, -0.25) is 4.98 Å². The van der Waals surface area contributed by atoms with Crippen LogP contribution in [0.2, 0.25) is 5.02 Å². The minimum Gasteiger partial charge on any atom is -0.478 e. The van der Waals surface area contributed by atoms with Crippen LogP contribution < -0.4 is 4.74 Å². The van der Waals surface area contributed by atoms with E-state index < -0.39 is 11.8 Å². The molecule has 1 saturated heterocycles. The summed E-state index contributed by atoms with van der Waals surface area (Å²) in [6.07, 6.45) is 4.16. The van der Waals surface area contributed by atoms with Crippen molar-refractivity contribution in [3.05, 3.63) is 107 Å². The molecule has 43 heavy (non-hydrogen) atoms. The number of nitrogens with zero attached hydrogens (tertiary/aromatic N) is 4. The molecule has 4 aromatic heterocycles. The Morgan fingerprint density at radius 1 is 1.14 bits per heavy atom. The molecular weight excluding hydrogens is 575 g/mol. The van der Waals surface area contributed by atoms with E-state index in [4.69, 9.17) is 25.5 Å². The van der Waals surface area contributed by atoms with Gasteiger partial charge in [-0.2, -0.15) is 0 Å². The van der Waals surface area contributed by atoms with E-state index in [0.717, 1.165) is 17.4 Å². The number of furan rings is 1. The number of carbonyl (C=O) groups is 1. The van der Waals surface area contributed by atoms with Crippen molar-refractivity contribution in [3.63, 3.8) is 0 Å². The number of carboxylic acids is 1. The SMILES string of the molecule is O=C(O)c1ccc2nc(Cc3ncc(-c4cccc(OCc5ccc(Cl)c6ccoc56)n4)cc3F)n(C[C@@H]3CCO3)c2c1. The summed E-state index contributed by atoms with van der Waals surface area (Å²) in [4.78, 5) is 25.2. The number of hydrogen-bond donors (Lipinski definition) is 1. The van der Waals surface area contributed by atoms with E-state index >= 15 is 4.39 Å². The van der Waals surface area contributed by atoms with Crippen LogP contribution in [0, 0.1) is 5.82 Å². The molecule has 0 aliphatic carbocycles. The molecule has 1 aliphatic heterocycles. The first-order chi connectivity index (χ1) is 20.9. The third-order valence-corrected chi connectivity index (χ3v) is 7.87. The first-order valence-electron chi connectivity index (χ1n) is 13.7. The summed E-state index contributed by atoms with van der Waals surface area (Å²) in [5.41, 5.74) is 4.14. The second-order valence-corrected chi connectivity index (χ2v) is 10.7. The first kappa shape index (κ1) is 27.1. The number of rotatable bonds is 9. The number of carboxylic acid groups (broad SMARTS) is 1. The largest absolute Gasteiger partial charge is 0.478 e. The van der Waals surface area contributed by atoms with E-state index in [1.54, 1.807) is 54.9 Å². The third kappa shape index (κ3) is 5.31. The van der Waals surface area contributed by atoms with E-state index in [-0.39, 0.29) is 30.4 Å². The van der Waals surface area contributed by atoms with Gasteiger partial charge in [0.1, 0.15) is 23.8 Å². The van der Waals surface area contributed by atoms with Gasteiger partial charge >= 0.3 is 5.97 Å². The van der Waals surface area contributed by atoms with Crippen molar-refractivity contribution >= 4 is 39.6 Å². The zero-order chi connectivity index (χ0) is 29.5. The fraction of sp³-hybridized carbons (Fsp3) is 0.188. The molecule has 11 heteroatoms. The Labute approximate surface area is 249 Å². The van der Waals surface area contributed by atoms with Gasteiger partial charge in [-0.05, 0) is 48.9 Å². The highest BCUT2D eigenvalue weighted by Crippen LogP contribution is 2.29. The molecule has 0 saturated carbocycles. The Morgan fingerprint density at radius 3 is 2.81 bits per heavy atom. The van der Waals surface area contributed by atoms with Crippen molar-refractivity contribution in [1.82, 2.24) is 19.5 Å². The molecule has 1 N–H and O–H groups in total. The topological polar surface area (TPSA) is 113 Å². The van der Waals surface area contributed by atoms with Gasteiger partial charge in [-0.1, -0.05) is 23.7 Å². The van der Waals surface area contributed by atoms with Crippen molar-refractivity contribution < 1.29 is 28.2 Å². The quantitative estimate of drug-likeness (QED) is 0.196. The third-order valence-electron chi connectivity index (χ3n) is 7.54. The molecule has 7 rings (SSSR count). The van der Waals surface area contributed by atoms with Crippen LogP contribution in [0.15, 0.2) is 77.5 Å². The molecule has 1 atom stereocenters. The van der Waals surface area contributed by atoms with Gasteiger partial charge in [0.25, 0.3) is 0 Å². The fourth-order valence-electron chi connectivity index (χ4n) is 5.17. The minimum atomic E-state index is -1.03. The van der Waals surface area contributed by atoms with Gasteiger partial charge in [-0.25, -0.2) is 19.2 Å². The van der Waals surface area contributed by atoms with Gasteiger partial charge < -0.3 is 23.6 Å². The normalized spacial score (nSPS) is 14.7. The van der Waals surface area contributed by atoms with E-state index in [1.165, 1.54) is 12.1 Å². The Hall–Kier alpha value is -4.80. The number of imidazole rings is 1. The molecule has 216 valence electrons. The van der Waals surface area contributed by atoms with Crippen molar-refractivity contribution in [2.75, 3.05) is 6.61 Å². The average molecular weight is 599 g/mol. The lowest BCUT2D eigenvalue weighted by molar-refractivity contribution is -0.0589. The van der Waals surface area contributed by atoms with E-state index in [9.17, 15) is 9.90 Å². The van der Waals surface area contributed by atoms with Crippen LogP contribution in [0.1, 0.15) is 33.9 Å². The number of fused-ring (bicyclic) bond motifs is 2. The smallest absolute Gasteiger partial charge is 0.335 e. The number of aromatic carboxylic acids is 1. The van der Waals surface area contributed by atoms with Crippen LogP contribution in [0.25, 0.3) is 33.3 Å². The summed E-state index contributed by atoms with van der Waals surface area (Å²) in [5, 5.41) is 10.9. The molecule has 1 aliphatic rings. The predicted octanol–water partition coefficient (Wildman–Crippen LogP) is 6.69. The molecular formula is C32H24ClFN4O5. The molecule has 1 fully saturated rings. The number of benzene rings is 2. The van der Waals surface area contributed by atoms with Crippen molar-refractivity contribution in [2.45, 2.75) is 32.1 Å². The van der Waals surface area contributed by atoms with E-state index in [2.05, 4.69) is 15.0 Å². The Bertz CT molecular complexity index is 2000. The zero-order valence-corrected chi connectivity index (χ0v) is 23.4. The maximum Gasteiger partial charge on any atom is 0.335 e. The fourth-order valence-corrected chi connectivity index (χ4v) is 5.38. The zero-order valence-electron chi connectivity index (χ0n) is 22.7. The lowest BCUT2D eigenvalue weighted by atomic mass is 10.1. The van der Waals surface area contributed by atoms with Crippen LogP contribution in [-0.4, -0.2) is 43.3 Å². The maximum atomic E-state index is 15.5. The van der Waals surface area contributed by atoms with Gasteiger partial charge in [0.15, 0.2) is 0 Å². The number of halogens is 2. The number of ether oxygens (including phenoxy) is 2. The highest BCUT2D eigenvalue weighted by molar-refractivity contribution is 6.35. The lowest BCUT2D eigenvalue weighted by Gasteiger charge is -2.27. The Balaban J connectivity index is 1.12. The minimum absolute atomic E-state index is 0.00446. The number of hydrogen-bond acceptors (Lipinski definition) is 7. The molecule has 0 amide bonds. The van der Waals surface area contributed by atoms with Crippen molar-refractivity contribution in [2.24, 2.45) is 0 Å². The highest BCUT2D eigenvalue weighted by atomic mass is 35.5. The summed E-state index contributed by atoms with van der Waals surface area (Å²) in [5.74, 6) is -0.586. The second kappa shape index (κ2) is 11.1. The molecule has 2 aromatic carbocycles. The predicted molar refractivity (Wildman–Crippen MR) is 157 cm³/mol. The highest BCUT2D eigenvalue weighted by Gasteiger charge is 2.23. The molecule has 6 aromatic rings. The number of pyridine rings is 2. The molecule has 5 heterocycles. The summed E-state index contributed by atoms with van der Waals surface area (Å²) < 4.78 is 34.5. The Morgan fingerprint density at radius 2 is 2.02 bits per heavy atom. The van der Waals surface area contributed by atoms with Crippen LogP contribution >= 0.6 is 11.6 Å². The molecule has 0 bridgehead atoms. The molecule has 0 radical (unpaired) electrons. The monoisotopic (exact) mass is 598 g/mol. The Kier molecular flexibility index (Phi) is 7.00. The summed E-state index contributed by atoms with van der Waals surface area (Å²) in [7, 11) is 0. The second-order valence-electron chi connectivity index (χ2n) is 10.3. The van der Waals surface area contributed by atoms with Crippen molar-refractivity contribution in [1.29, 1.82) is 0 Å². The van der Waals surface area contributed by atoms with Crippen LogP contribution in [0.3, 0.4) is 0 Å². The lowest BCUT2D eigenvalue weighted by Crippen LogP contribution is -2.31. The summed E-state index contributed by atoms with van der Waals surface area (Å²) >= 11 is 6.24. The maximum absolute atomic E-state index is 15.5. The van der Waals surface area contributed by atoms with Crippen LogP contribution in [0.5, 0.6) is 5.88 Å². The van der Waals surface area contributed by atoms with Gasteiger partial charge in [0, 0.05) is 35.4 Å². The van der Waals surface area contributed by atoms with E-state index in [0.29, 0.717) is 57.8 Å². The van der Waals surface area contributed by atoms with Gasteiger partial charge in [0.05, 0.1) is 58.3 Å². The number of aromatic nitrogens is 4. The molecule has 9 nitrogen and oxygen atoms in total. The van der Waals surface area contributed by atoms with Crippen LogP contribution in [0.4, 0.5) is 4.39 Å². The van der Waals surface area contributed by atoms with E-state index in [1.807, 2.05) is 10.6 Å². The first-order valence-corrected chi connectivity index (χ1v) is 14.0. The van der Waals surface area contributed by atoms with Gasteiger partial charge in [-0.15, -0.1) is 0 Å². The molecule has 0 unspecified atom stereocenters. The summed E-state index contributed by atoms with van der Waals surface area (Å²) in [6.45, 7) is 1.39.